The van der Waals surface area contributed by atoms with E-state index in [1.54, 1.807) is 6.20 Å². The van der Waals surface area contributed by atoms with Crippen molar-refractivity contribution in [1.82, 2.24) is 9.88 Å². The lowest BCUT2D eigenvalue weighted by molar-refractivity contribution is -0.150. The van der Waals surface area contributed by atoms with Crippen molar-refractivity contribution in [1.29, 1.82) is 0 Å². The van der Waals surface area contributed by atoms with Gasteiger partial charge in [-0.05, 0) is 37.1 Å². The molecule has 5 heteroatoms. The number of nitrogens with zero attached hydrogens (tertiary/aromatic N) is 3. The number of morpholine rings is 1. The highest BCUT2D eigenvalue weighted by atomic mass is 16.5. The highest BCUT2D eigenvalue weighted by molar-refractivity contribution is 5.96. The Labute approximate surface area is 148 Å². The maximum absolute atomic E-state index is 12.6. The lowest BCUT2D eigenvalue weighted by atomic mass is 9.85. The second-order valence-electron chi connectivity index (χ2n) is 7.06. The molecule has 2 fully saturated rings. The van der Waals surface area contributed by atoms with Crippen LogP contribution in [0.3, 0.4) is 0 Å². The zero-order chi connectivity index (χ0) is 17.3. The first-order chi connectivity index (χ1) is 12.2. The van der Waals surface area contributed by atoms with Gasteiger partial charge >= 0.3 is 0 Å². The summed E-state index contributed by atoms with van der Waals surface area (Å²) in [5, 5.41) is 0. The molecule has 0 N–H and O–H groups in total. The monoisotopic (exact) mass is 337 g/mol. The number of fused-ring (bicyclic) bond motifs is 1. The molecule has 1 amide bonds. The minimum absolute atomic E-state index is 0.0153. The summed E-state index contributed by atoms with van der Waals surface area (Å²) in [4.78, 5) is 21.2. The average Bonchev–Trinajstić information content (AvgIpc) is 2.64. The fraction of sp³-hybridized carbons (Fsp3) is 0.400. The van der Waals surface area contributed by atoms with Gasteiger partial charge in [0.2, 0.25) is 0 Å². The van der Waals surface area contributed by atoms with Crippen LogP contribution in [0.1, 0.15) is 18.9 Å². The molecule has 0 unspecified atom stereocenters. The number of ether oxygens (including phenoxy) is 1. The molecule has 2 aliphatic rings. The number of carbonyl (C=O) groups is 1. The second-order valence-corrected chi connectivity index (χ2v) is 7.06. The first-order valence-electron chi connectivity index (χ1n) is 8.78. The van der Waals surface area contributed by atoms with Gasteiger partial charge in [-0.25, -0.2) is 0 Å². The minimum Gasteiger partial charge on any atom is -0.363 e. The molecule has 2 saturated heterocycles. The van der Waals surface area contributed by atoms with Crippen molar-refractivity contribution in [3.05, 3.63) is 60.4 Å². The summed E-state index contributed by atoms with van der Waals surface area (Å²) < 4.78 is 6.00. The molecule has 3 heterocycles. The number of hydrogen-bond acceptors (Lipinski definition) is 4. The highest BCUT2D eigenvalue weighted by Gasteiger charge is 2.49. The fourth-order valence-electron chi connectivity index (χ4n) is 3.87. The van der Waals surface area contributed by atoms with Crippen molar-refractivity contribution < 1.29 is 9.53 Å². The van der Waals surface area contributed by atoms with Gasteiger partial charge in [0.1, 0.15) is 6.61 Å². The number of carbonyl (C=O) groups excluding carboxylic acids is 1. The van der Waals surface area contributed by atoms with Crippen LogP contribution in [0.25, 0.3) is 0 Å². The topological polar surface area (TPSA) is 45.7 Å². The van der Waals surface area contributed by atoms with E-state index in [1.807, 2.05) is 47.5 Å². The molecule has 1 aromatic heterocycles. The normalized spacial score (nSPS) is 27.2. The Hall–Kier alpha value is -2.24. The summed E-state index contributed by atoms with van der Waals surface area (Å²) in [7, 11) is 0. The van der Waals surface area contributed by atoms with Gasteiger partial charge in [-0.1, -0.05) is 24.3 Å². The van der Waals surface area contributed by atoms with E-state index in [-0.39, 0.29) is 24.2 Å². The zero-order valence-electron chi connectivity index (χ0n) is 14.5. The smallest absolute Gasteiger partial charge is 0.253 e. The minimum atomic E-state index is -0.296. The zero-order valence-corrected chi connectivity index (χ0v) is 14.5. The van der Waals surface area contributed by atoms with Crippen molar-refractivity contribution in [2.75, 3.05) is 24.6 Å². The Morgan fingerprint density at radius 3 is 2.84 bits per heavy atom. The molecule has 25 heavy (non-hydrogen) atoms. The van der Waals surface area contributed by atoms with E-state index in [0.717, 1.165) is 31.7 Å². The third kappa shape index (κ3) is 3.17. The number of rotatable bonds is 3. The molecule has 5 nitrogen and oxygen atoms in total. The Morgan fingerprint density at radius 2 is 2.08 bits per heavy atom. The molecule has 0 bridgehead atoms. The number of likely N-dealkylation sites (tertiary alicyclic amines) is 1. The van der Waals surface area contributed by atoms with E-state index in [9.17, 15) is 4.79 Å². The van der Waals surface area contributed by atoms with Gasteiger partial charge in [0.15, 0.2) is 0 Å². The average molecular weight is 337 g/mol. The third-order valence-electron chi connectivity index (χ3n) is 5.33. The third-order valence-corrected chi connectivity index (χ3v) is 5.33. The number of amides is 1. The summed E-state index contributed by atoms with van der Waals surface area (Å²) >= 11 is 0. The first kappa shape index (κ1) is 16.2. The number of benzene rings is 1. The van der Waals surface area contributed by atoms with E-state index in [1.165, 1.54) is 5.56 Å². The number of anilines is 1. The van der Waals surface area contributed by atoms with Crippen LogP contribution in [-0.2, 0) is 16.1 Å². The van der Waals surface area contributed by atoms with Crippen LogP contribution < -0.4 is 4.90 Å². The van der Waals surface area contributed by atoms with Gasteiger partial charge in [-0.2, -0.15) is 0 Å². The summed E-state index contributed by atoms with van der Waals surface area (Å²) in [6, 6.07) is 14.0. The first-order valence-corrected chi connectivity index (χ1v) is 8.78. The van der Waals surface area contributed by atoms with Gasteiger partial charge in [-0.3, -0.25) is 14.7 Å². The molecule has 130 valence electrons. The number of aromatic nitrogens is 1. The lowest BCUT2D eigenvalue weighted by Gasteiger charge is -2.52. The second kappa shape index (κ2) is 6.58. The summed E-state index contributed by atoms with van der Waals surface area (Å²) in [5.74, 6) is 0.0388. The SMILES string of the molecule is C[C@@]12CCN(Cc3cccnc3)C[C@H]1N(c1ccccc1)C(=O)CO2. The van der Waals surface area contributed by atoms with E-state index >= 15 is 0 Å². The standard InChI is InChI=1S/C20H23N3O2/c1-20-9-11-22(13-16-6-5-10-21-12-16)14-18(20)23(19(24)15-25-20)17-7-3-2-4-8-17/h2-8,10,12,18H,9,11,13-15H2,1H3/t18-,20-/m1/s1. The number of pyridine rings is 1. The van der Waals surface area contributed by atoms with E-state index in [2.05, 4.69) is 22.9 Å². The van der Waals surface area contributed by atoms with E-state index in [4.69, 9.17) is 4.74 Å². The molecule has 0 aliphatic carbocycles. The maximum atomic E-state index is 12.6. The van der Waals surface area contributed by atoms with Gasteiger partial charge in [0, 0.05) is 37.7 Å². The summed E-state index contributed by atoms with van der Waals surface area (Å²) in [6.45, 7) is 4.90. The fourth-order valence-corrected chi connectivity index (χ4v) is 3.87. The van der Waals surface area contributed by atoms with Crippen LogP contribution in [0.4, 0.5) is 5.69 Å². The van der Waals surface area contributed by atoms with Crippen LogP contribution >= 0.6 is 0 Å². The summed E-state index contributed by atoms with van der Waals surface area (Å²) in [6.07, 6.45) is 4.61. The van der Waals surface area contributed by atoms with Crippen LogP contribution in [0, 0.1) is 0 Å². The van der Waals surface area contributed by atoms with Crippen LogP contribution in [0.2, 0.25) is 0 Å². The largest absolute Gasteiger partial charge is 0.363 e. The lowest BCUT2D eigenvalue weighted by Crippen LogP contribution is -2.67. The predicted octanol–water partition coefficient (Wildman–Crippen LogP) is 2.48. The Morgan fingerprint density at radius 1 is 1.24 bits per heavy atom. The molecule has 0 saturated carbocycles. The molecule has 2 aliphatic heterocycles. The molecule has 2 aromatic rings. The van der Waals surface area contributed by atoms with Gasteiger partial charge in [0.05, 0.1) is 11.6 Å². The molecule has 0 radical (unpaired) electrons. The van der Waals surface area contributed by atoms with Crippen molar-refractivity contribution in [3.8, 4) is 0 Å². The predicted molar refractivity (Wildman–Crippen MR) is 96.2 cm³/mol. The Balaban J connectivity index is 1.59. The van der Waals surface area contributed by atoms with Gasteiger partial charge < -0.3 is 9.64 Å². The Bertz CT molecular complexity index is 737. The molecular formula is C20H23N3O2. The van der Waals surface area contributed by atoms with E-state index < -0.39 is 0 Å². The number of piperidine rings is 1. The van der Waals surface area contributed by atoms with Crippen molar-refractivity contribution in [2.45, 2.75) is 31.5 Å². The highest BCUT2D eigenvalue weighted by Crippen LogP contribution is 2.36. The van der Waals surface area contributed by atoms with E-state index in [0.29, 0.717) is 0 Å². The van der Waals surface area contributed by atoms with Crippen LogP contribution in [0.5, 0.6) is 0 Å². The van der Waals surface area contributed by atoms with Crippen LogP contribution in [-0.4, -0.2) is 47.1 Å². The number of para-hydroxylation sites is 1. The molecule has 2 atom stereocenters. The number of hydrogen-bond donors (Lipinski definition) is 0. The Kier molecular flexibility index (Phi) is 4.27. The van der Waals surface area contributed by atoms with Crippen molar-refractivity contribution >= 4 is 11.6 Å². The maximum Gasteiger partial charge on any atom is 0.253 e. The molecule has 4 rings (SSSR count). The molecule has 0 spiro atoms. The van der Waals surface area contributed by atoms with Crippen LogP contribution in [0.15, 0.2) is 54.9 Å². The summed E-state index contributed by atoms with van der Waals surface area (Å²) in [5.41, 5.74) is 1.85. The van der Waals surface area contributed by atoms with Gasteiger partial charge in [0.25, 0.3) is 5.91 Å². The molecular weight excluding hydrogens is 314 g/mol. The quantitative estimate of drug-likeness (QED) is 0.863. The van der Waals surface area contributed by atoms with Crippen molar-refractivity contribution in [3.63, 3.8) is 0 Å². The van der Waals surface area contributed by atoms with Gasteiger partial charge in [-0.15, -0.1) is 0 Å². The van der Waals surface area contributed by atoms with Crippen molar-refractivity contribution in [2.24, 2.45) is 0 Å². The molecule has 1 aromatic carbocycles.